The molecular weight excluding hydrogens is 272 g/mol. The van der Waals surface area contributed by atoms with Crippen LogP contribution in [0.1, 0.15) is 54.4 Å². The molecule has 2 fully saturated rings. The third-order valence-electron chi connectivity index (χ3n) is 3.99. The average Bonchev–Trinajstić information content (AvgIpc) is 3.26. The van der Waals surface area contributed by atoms with Gasteiger partial charge in [0.2, 0.25) is 0 Å². The molecule has 2 heterocycles. The fraction of sp³-hybridized carbons (Fsp3) is 0.632. The molecule has 0 bridgehead atoms. The summed E-state index contributed by atoms with van der Waals surface area (Å²) in [5, 5.41) is 3.36. The predicted octanol–water partition coefficient (Wildman–Crippen LogP) is 4.62. The molecule has 3 rings (SSSR count). The zero-order valence-corrected chi connectivity index (χ0v) is 15.1. The van der Waals surface area contributed by atoms with E-state index in [0.29, 0.717) is 12.0 Å². The zero-order valence-electron chi connectivity index (χ0n) is 15.1. The van der Waals surface area contributed by atoms with Crippen LogP contribution < -0.4 is 5.32 Å². The Balaban J connectivity index is 0.000000561. The Hall–Kier alpha value is -1.35. The lowest BCUT2D eigenvalue weighted by atomic mass is 9.82. The Morgan fingerprint density at radius 3 is 2.50 bits per heavy atom. The summed E-state index contributed by atoms with van der Waals surface area (Å²) in [6, 6.07) is 0. The molecule has 3 nitrogen and oxygen atoms in total. The highest BCUT2D eigenvalue weighted by Crippen LogP contribution is 2.56. The molecule has 3 unspecified atom stereocenters. The highest BCUT2D eigenvalue weighted by Gasteiger charge is 2.62. The van der Waals surface area contributed by atoms with Crippen molar-refractivity contribution in [2.45, 2.75) is 66.0 Å². The molecule has 1 saturated heterocycles. The third-order valence-corrected chi connectivity index (χ3v) is 3.99. The standard InChI is InChI=1S/C15H20N2O.2C2H6/c1-4-6-11-13(7-5-2)16-10(3)17-15(11)9-18-14-8-12(14)15;2*1-2/h5-7,12,14H,2,4,8-9H2,1,3H3,(H,16,17);2*1-2H3/b11-6+,13-7+;;. The maximum atomic E-state index is 5.84. The van der Waals surface area contributed by atoms with Gasteiger partial charge in [-0.2, -0.15) is 0 Å². The monoisotopic (exact) mass is 304 g/mol. The van der Waals surface area contributed by atoms with Gasteiger partial charge in [-0.15, -0.1) is 0 Å². The van der Waals surface area contributed by atoms with Crippen LogP contribution in [-0.4, -0.2) is 24.1 Å². The number of aliphatic imine (C=N–C) groups is 1. The van der Waals surface area contributed by atoms with Crippen LogP contribution in [0.4, 0.5) is 0 Å². The molecule has 1 saturated carbocycles. The highest BCUT2D eigenvalue weighted by molar-refractivity contribution is 5.85. The van der Waals surface area contributed by atoms with E-state index in [2.05, 4.69) is 24.9 Å². The summed E-state index contributed by atoms with van der Waals surface area (Å²) in [5.74, 6) is 1.55. The van der Waals surface area contributed by atoms with Crippen molar-refractivity contribution in [3.8, 4) is 0 Å². The van der Waals surface area contributed by atoms with Crippen LogP contribution in [0.3, 0.4) is 0 Å². The van der Waals surface area contributed by atoms with Gasteiger partial charge < -0.3 is 10.1 Å². The van der Waals surface area contributed by atoms with E-state index >= 15 is 0 Å². The number of rotatable bonds is 2. The summed E-state index contributed by atoms with van der Waals surface area (Å²) in [5.41, 5.74) is 2.29. The van der Waals surface area contributed by atoms with Crippen LogP contribution in [-0.2, 0) is 4.74 Å². The maximum absolute atomic E-state index is 5.84. The van der Waals surface area contributed by atoms with Gasteiger partial charge in [-0.05, 0) is 25.8 Å². The second-order valence-electron chi connectivity index (χ2n) is 5.28. The third kappa shape index (κ3) is 3.35. The molecule has 3 aliphatic rings. The lowest BCUT2D eigenvalue weighted by Gasteiger charge is -2.35. The largest absolute Gasteiger partial charge is 0.375 e. The van der Waals surface area contributed by atoms with Gasteiger partial charge in [0.1, 0.15) is 5.54 Å². The van der Waals surface area contributed by atoms with Crippen molar-refractivity contribution in [3.63, 3.8) is 0 Å². The normalized spacial score (nSPS) is 34.7. The summed E-state index contributed by atoms with van der Waals surface area (Å²) in [4.78, 5) is 4.91. The Morgan fingerprint density at radius 1 is 1.36 bits per heavy atom. The number of amidine groups is 1. The van der Waals surface area contributed by atoms with Crippen molar-refractivity contribution >= 4 is 5.84 Å². The van der Waals surface area contributed by atoms with E-state index in [4.69, 9.17) is 9.73 Å². The van der Waals surface area contributed by atoms with Crippen LogP contribution in [0.2, 0.25) is 0 Å². The summed E-state index contributed by atoms with van der Waals surface area (Å²) in [7, 11) is 0. The molecule has 22 heavy (non-hydrogen) atoms. The van der Waals surface area contributed by atoms with Crippen LogP contribution >= 0.6 is 0 Å². The first-order valence-electron chi connectivity index (χ1n) is 8.70. The molecule has 3 atom stereocenters. The van der Waals surface area contributed by atoms with E-state index in [1.807, 2.05) is 46.8 Å². The van der Waals surface area contributed by atoms with Gasteiger partial charge in [-0.1, -0.05) is 53.3 Å². The number of nitrogens with zero attached hydrogens (tertiary/aromatic N) is 1. The predicted molar refractivity (Wildman–Crippen MR) is 96.2 cm³/mol. The molecule has 0 aromatic heterocycles. The van der Waals surface area contributed by atoms with Crippen LogP contribution in [0.5, 0.6) is 0 Å². The van der Waals surface area contributed by atoms with Crippen LogP contribution in [0.15, 0.2) is 41.1 Å². The van der Waals surface area contributed by atoms with Gasteiger partial charge in [0.05, 0.1) is 18.5 Å². The second-order valence-corrected chi connectivity index (χ2v) is 5.28. The fourth-order valence-electron chi connectivity index (χ4n) is 3.22. The minimum Gasteiger partial charge on any atom is -0.375 e. The van der Waals surface area contributed by atoms with E-state index in [0.717, 1.165) is 31.0 Å². The smallest absolute Gasteiger partial charge is 0.118 e. The average molecular weight is 304 g/mol. The van der Waals surface area contributed by atoms with Crippen molar-refractivity contribution in [3.05, 3.63) is 36.1 Å². The number of hydrogen-bond donors (Lipinski definition) is 1. The first-order valence-corrected chi connectivity index (χ1v) is 8.70. The fourth-order valence-corrected chi connectivity index (χ4v) is 3.22. The van der Waals surface area contributed by atoms with Crippen molar-refractivity contribution in [1.82, 2.24) is 5.32 Å². The Kier molecular flexibility index (Phi) is 7.08. The molecule has 1 N–H and O–H groups in total. The van der Waals surface area contributed by atoms with Crippen molar-refractivity contribution in [2.24, 2.45) is 10.9 Å². The van der Waals surface area contributed by atoms with Crippen molar-refractivity contribution < 1.29 is 4.74 Å². The van der Waals surface area contributed by atoms with Gasteiger partial charge in [0.25, 0.3) is 0 Å². The first-order chi connectivity index (χ1) is 10.7. The van der Waals surface area contributed by atoms with E-state index in [-0.39, 0.29) is 5.54 Å². The van der Waals surface area contributed by atoms with Gasteiger partial charge in [0, 0.05) is 17.2 Å². The number of hydrogen-bond acceptors (Lipinski definition) is 3. The molecular formula is C19H32N2O. The summed E-state index contributed by atoms with van der Waals surface area (Å²) < 4.78 is 5.84. The Morgan fingerprint density at radius 2 is 2.05 bits per heavy atom. The van der Waals surface area contributed by atoms with Gasteiger partial charge in [-0.3, -0.25) is 4.99 Å². The van der Waals surface area contributed by atoms with Gasteiger partial charge >= 0.3 is 0 Å². The molecule has 3 heteroatoms. The van der Waals surface area contributed by atoms with E-state index in [1.165, 1.54) is 5.57 Å². The first kappa shape index (κ1) is 18.7. The minimum atomic E-state index is -0.134. The van der Waals surface area contributed by atoms with Gasteiger partial charge in [-0.25, -0.2) is 0 Å². The number of allylic oxidation sites excluding steroid dienone is 3. The summed E-state index contributed by atoms with van der Waals surface area (Å²) in [6.07, 6.45) is 8.75. The summed E-state index contributed by atoms with van der Waals surface area (Å²) in [6.45, 7) is 16.7. The topological polar surface area (TPSA) is 33.6 Å². The second kappa shape index (κ2) is 8.33. The minimum absolute atomic E-state index is 0.134. The quantitative estimate of drug-likeness (QED) is 0.807. The van der Waals surface area contributed by atoms with Crippen molar-refractivity contribution in [2.75, 3.05) is 6.61 Å². The number of nitrogens with one attached hydrogen (secondary N) is 1. The van der Waals surface area contributed by atoms with Crippen LogP contribution in [0.25, 0.3) is 0 Å². The Bertz CT molecular complexity index is 476. The van der Waals surface area contributed by atoms with E-state index in [1.54, 1.807) is 0 Å². The highest BCUT2D eigenvalue weighted by atomic mass is 16.5. The molecule has 2 aliphatic heterocycles. The molecule has 124 valence electrons. The zero-order chi connectivity index (χ0) is 16.8. The lowest BCUT2D eigenvalue weighted by molar-refractivity contribution is 0.137. The summed E-state index contributed by atoms with van der Waals surface area (Å²) >= 11 is 0. The number of fused-ring (bicyclic) bond motifs is 2. The van der Waals surface area contributed by atoms with E-state index < -0.39 is 0 Å². The molecule has 0 aromatic rings. The SMILES string of the molecule is C=C/C=C1/NC(C)=NC2(COC3CC32)/C1=C/CC.CC.CC. The molecule has 1 spiro atoms. The lowest BCUT2D eigenvalue weighted by Crippen LogP contribution is -2.44. The Labute approximate surface area is 136 Å². The molecule has 1 aliphatic carbocycles. The van der Waals surface area contributed by atoms with Crippen molar-refractivity contribution in [1.29, 1.82) is 0 Å². The maximum Gasteiger partial charge on any atom is 0.118 e. The van der Waals surface area contributed by atoms with E-state index in [9.17, 15) is 0 Å². The molecule has 0 aromatic carbocycles. The van der Waals surface area contributed by atoms with Gasteiger partial charge in [0.15, 0.2) is 0 Å². The molecule has 0 radical (unpaired) electrons. The number of ether oxygens (including phenoxy) is 1. The molecule has 0 amide bonds. The van der Waals surface area contributed by atoms with Crippen LogP contribution in [0, 0.1) is 5.92 Å².